The third kappa shape index (κ3) is 9.66. The lowest BCUT2D eigenvalue weighted by atomic mass is 10.2. The minimum absolute atomic E-state index is 0. The van der Waals surface area contributed by atoms with Crippen molar-refractivity contribution in [3.8, 4) is 0 Å². The van der Waals surface area contributed by atoms with E-state index in [0.29, 0.717) is 6.10 Å². The Hall–Kier alpha value is -0.300. The van der Waals surface area contributed by atoms with E-state index in [1.165, 1.54) is 32.1 Å². The third-order valence-corrected chi connectivity index (χ3v) is 3.83. The van der Waals surface area contributed by atoms with Gasteiger partial charge in [-0.05, 0) is 45.4 Å². The maximum Gasteiger partial charge on any atom is 0.193 e. The van der Waals surface area contributed by atoms with Gasteiger partial charge in [-0.2, -0.15) is 0 Å². The molecule has 0 saturated carbocycles. The Morgan fingerprint density at radius 3 is 2.86 bits per heavy atom. The quantitative estimate of drug-likeness (QED) is 0.191. The fourth-order valence-corrected chi connectivity index (χ4v) is 2.58. The largest absolute Gasteiger partial charge is 0.378 e. The van der Waals surface area contributed by atoms with Gasteiger partial charge in [0.25, 0.3) is 0 Å². The Morgan fingerprint density at radius 2 is 2.23 bits per heavy atom. The van der Waals surface area contributed by atoms with Gasteiger partial charge in [0.1, 0.15) is 0 Å². The van der Waals surface area contributed by atoms with E-state index in [0.717, 1.165) is 45.0 Å². The van der Waals surface area contributed by atoms with Crippen molar-refractivity contribution in [2.75, 3.05) is 33.3 Å². The van der Waals surface area contributed by atoms with Crippen molar-refractivity contribution >= 4 is 29.9 Å². The van der Waals surface area contributed by atoms with E-state index >= 15 is 0 Å². The van der Waals surface area contributed by atoms with Crippen molar-refractivity contribution in [2.24, 2.45) is 4.99 Å². The summed E-state index contributed by atoms with van der Waals surface area (Å²) in [7, 11) is 2.13. The summed E-state index contributed by atoms with van der Waals surface area (Å²) in [6.07, 6.45) is 10.7. The summed E-state index contributed by atoms with van der Waals surface area (Å²) in [6.45, 7) is 9.64. The number of allylic oxidation sites excluding steroid dienone is 1. The first-order chi connectivity index (χ1) is 10.3. The molecule has 1 saturated heterocycles. The van der Waals surface area contributed by atoms with Crippen LogP contribution < -0.4 is 5.32 Å². The molecule has 1 aliphatic rings. The van der Waals surface area contributed by atoms with Crippen LogP contribution in [0.5, 0.6) is 0 Å². The van der Waals surface area contributed by atoms with Crippen LogP contribution in [0.2, 0.25) is 0 Å². The number of rotatable bonds is 10. The van der Waals surface area contributed by atoms with Crippen molar-refractivity contribution in [1.29, 1.82) is 0 Å². The molecule has 1 heterocycles. The smallest absolute Gasteiger partial charge is 0.193 e. The first-order valence-electron chi connectivity index (χ1n) is 8.49. The predicted molar refractivity (Wildman–Crippen MR) is 106 cm³/mol. The summed E-state index contributed by atoms with van der Waals surface area (Å²) in [4.78, 5) is 6.97. The summed E-state index contributed by atoms with van der Waals surface area (Å²) in [5.74, 6) is 1.03. The molecular formula is C17H34IN3O. The molecule has 0 aromatic carbocycles. The average Bonchev–Trinajstić information content (AvgIpc) is 2.99. The number of unbranched alkanes of at least 4 members (excludes halogenated alkanes) is 3. The van der Waals surface area contributed by atoms with Gasteiger partial charge in [-0.1, -0.05) is 12.5 Å². The topological polar surface area (TPSA) is 36.9 Å². The van der Waals surface area contributed by atoms with Crippen molar-refractivity contribution in [2.45, 2.75) is 58.0 Å². The molecule has 1 aliphatic heterocycles. The highest BCUT2D eigenvalue weighted by molar-refractivity contribution is 14.0. The monoisotopic (exact) mass is 423 g/mol. The van der Waals surface area contributed by atoms with Crippen LogP contribution in [0.1, 0.15) is 51.9 Å². The zero-order valence-corrected chi connectivity index (χ0v) is 16.7. The molecule has 1 fully saturated rings. The highest BCUT2D eigenvalue weighted by Gasteiger charge is 2.14. The molecule has 0 radical (unpaired) electrons. The van der Waals surface area contributed by atoms with Crippen LogP contribution >= 0.6 is 24.0 Å². The van der Waals surface area contributed by atoms with Gasteiger partial charge in [0.05, 0.1) is 6.10 Å². The summed E-state index contributed by atoms with van der Waals surface area (Å²) in [5, 5.41) is 3.38. The van der Waals surface area contributed by atoms with E-state index in [9.17, 15) is 0 Å². The number of halogens is 1. The molecule has 4 nitrogen and oxygen atoms in total. The molecule has 1 N–H and O–H groups in total. The predicted octanol–water partition coefficient (Wildman–Crippen LogP) is 3.82. The molecular weight excluding hydrogens is 389 g/mol. The molecule has 1 atom stereocenters. The Bertz CT molecular complexity index is 304. The number of hydrogen-bond donors (Lipinski definition) is 1. The summed E-state index contributed by atoms with van der Waals surface area (Å²) >= 11 is 0. The van der Waals surface area contributed by atoms with E-state index < -0.39 is 0 Å². The first kappa shape index (κ1) is 21.7. The molecule has 22 heavy (non-hydrogen) atoms. The zero-order chi connectivity index (χ0) is 15.3. The Morgan fingerprint density at radius 1 is 1.41 bits per heavy atom. The summed E-state index contributed by atoms with van der Waals surface area (Å²) in [5.41, 5.74) is 0. The van der Waals surface area contributed by atoms with Crippen molar-refractivity contribution in [3.05, 3.63) is 12.7 Å². The minimum Gasteiger partial charge on any atom is -0.378 e. The molecule has 0 aromatic heterocycles. The summed E-state index contributed by atoms with van der Waals surface area (Å²) < 4.78 is 5.65. The van der Waals surface area contributed by atoms with E-state index in [2.05, 4.69) is 30.8 Å². The molecule has 1 unspecified atom stereocenters. The van der Waals surface area contributed by atoms with E-state index in [1.54, 1.807) is 0 Å². The lowest BCUT2D eigenvalue weighted by molar-refractivity contribution is 0.106. The van der Waals surface area contributed by atoms with E-state index in [-0.39, 0.29) is 24.0 Å². The van der Waals surface area contributed by atoms with Gasteiger partial charge in [0, 0.05) is 33.3 Å². The average molecular weight is 423 g/mol. The molecule has 0 aliphatic carbocycles. The molecule has 5 heteroatoms. The van der Waals surface area contributed by atoms with Gasteiger partial charge in [-0.3, -0.25) is 4.99 Å². The first-order valence-corrected chi connectivity index (χ1v) is 8.49. The van der Waals surface area contributed by atoms with Gasteiger partial charge in [-0.25, -0.2) is 0 Å². The van der Waals surface area contributed by atoms with Gasteiger partial charge in [0.2, 0.25) is 0 Å². The fourth-order valence-electron chi connectivity index (χ4n) is 2.58. The highest BCUT2D eigenvalue weighted by Crippen LogP contribution is 2.15. The van der Waals surface area contributed by atoms with Crippen LogP contribution in [0.25, 0.3) is 0 Å². The Balaban J connectivity index is 0.00000441. The van der Waals surface area contributed by atoms with Crippen LogP contribution in [-0.2, 0) is 4.74 Å². The second kappa shape index (κ2) is 14.3. The number of guanidine groups is 1. The van der Waals surface area contributed by atoms with Crippen LogP contribution in [0.15, 0.2) is 17.6 Å². The number of nitrogens with one attached hydrogen (secondary N) is 1. The van der Waals surface area contributed by atoms with Crippen LogP contribution in [0.3, 0.4) is 0 Å². The van der Waals surface area contributed by atoms with Crippen LogP contribution in [0.4, 0.5) is 0 Å². The molecule has 0 bridgehead atoms. The van der Waals surface area contributed by atoms with Gasteiger partial charge in [0.15, 0.2) is 5.96 Å². The minimum atomic E-state index is 0. The molecule has 1 rings (SSSR count). The standard InChI is InChI=1S/C17H33N3O.HI/c1-4-6-7-8-9-14-20(3)17(18-5-2)19-13-12-16-11-10-15-21-16;/h4,16H,1,5-15H2,2-3H3,(H,18,19);1H. The Kier molecular flexibility index (Phi) is 14.1. The normalized spacial score (nSPS) is 17.9. The molecule has 0 spiro atoms. The van der Waals surface area contributed by atoms with E-state index in [1.807, 2.05) is 6.08 Å². The van der Waals surface area contributed by atoms with Gasteiger partial charge in [-0.15, -0.1) is 30.6 Å². The second-order valence-electron chi connectivity index (χ2n) is 5.72. The zero-order valence-electron chi connectivity index (χ0n) is 14.4. The number of aliphatic imine (C=N–C) groups is 1. The Labute approximate surface area is 153 Å². The van der Waals surface area contributed by atoms with Crippen molar-refractivity contribution in [1.82, 2.24) is 10.2 Å². The van der Waals surface area contributed by atoms with Gasteiger partial charge >= 0.3 is 0 Å². The number of ether oxygens (including phenoxy) is 1. The lowest BCUT2D eigenvalue weighted by Gasteiger charge is -2.22. The van der Waals surface area contributed by atoms with Crippen LogP contribution in [-0.4, -0.2) is 50.3 Å². The van der Waals surface area contributed by atoms with Crippen molar-refractivity contribution in [3.63, 3.8) is 0 Å². The molecule has 130 valence electrons. The molecule has 0 aromatic rings. The third-order valence-electron chi connectivity index (χ3n) is 3.83. The highest BCUT2D eigenvalue weighted by atomic mass is 127. The van der Waals surface area contributed by atoms with Crippen molar-refractivity contribution < 1.29 is 4.74 Å². The lowest BCUT2D eigenvalue weighted by Crippen LogP contribution is -2.39. The number of hydrogen-bond acceptors (Lipinski definition) is 2. The molecule has 0 amide bonds. The van der Waals surface area contributed by atoms with E-state index in [4.69, 9.17) is 9.73 Å². The van der Waals surface area contributed by atoms with Crippen LogP contribution in [0, 0.1) is 0 Å². The summed E-state index contributed by atoms with van der Waals surface area (Å²) in [6, 6.07) is 0. The maximum atomic E-state index is 5.65. The maximum absolute atomic E-state index is 5.65. The number of nitrogens with zero attached hydrogens (tertiary/aromatic N) is 2. The van der Waals surface area contributed by atoms with Gasteiger partial charge < -0.3 is 15.0 Å². The fraction of sp³-hybridized carbons (Fsp3) is 0.824. The SMILES string of the molecule is C=CCCCCCN(C)C(=NCCC1CCCO1)NCC.I. The second-order valence-corrected chi connectivity index (χ2v) is 5.72.